The van der Waals surface area contributed by atoms with Crippen LogP contribution in [0, 0.1) is 0 Å². The Morgan fingerprint density at radius 1 is 1.47 bits per heavy atom. The van der Waals surface area contributed by atoms with Crippen LogP contribution >= 0.6 is 23.4 Å². The van der Waals surface area contributed by atoms with E-state index in [9.17, 15) is 0 Å². The smallest absolute Gasteiger partial charge is 0.126 e. The number of anilines is 1. The molecule has 0 aliphatic carbocycles. The summed E-state index contributed by atoms with van der Waals surface area (Å²) in [6, 6.07) is 3.87. The van der Waals surface area contributed by atoms with E-state index in [4.69, 9.17) is 11.6 Å². The van der Waals surface area contributed by atoms with E-state index in [0.29, 0.717) is 4.75 Å². The Hall–Kier alpha value is -0.450. The molecule has 3 nitrogen and oxygen atoms in total. The highest BCUT2D eigenvalue weighted by molar-refractivity contribution is 8.00. The first-order valence-corrected chi connectivity index (χ1v) is 8.12. The lowest BCUT2D eigenvalue weighted by Gasteiger charge is -2.37. The Balaban J connectivity index is 2.07. The van der Waals surface area contributed by atoms with E-state index < -0.39 is 0 Å². The Morgan fingerprint density at radius 2 is 2.26 bits per heavy atom. The first-order chi connectivity index (χ1) is 9.00. The maximum Gasteiger partial charge on any atom is 0.126 e. The number of nitrogens with one attached hydrogen (secondary N) is 1. The van der Waals surface area contributed by atoms with Crippen LogP contribution in [0.2, 0.25) is 5.02 Å². The average molecular weight is 300 g/mol. The highest BCUT2D eigenvalue weighted by Gasteiger charge is 2.27. The van der Waals surface area contributed by atoms with Gasteiger partial charge in [-0.15, -0.1) is 0 Å². The molecule has 1 aromatic heterocycles. The average Bonchev–Trinajstić information content (AvgIpc) is 2.32. The van der Waals surface area contributed by atoms with Crippen LogP contribution in [0.15, 0.2) is 12.1 Å². The van der Waals surface area contributed by atoms with Crippen LogP contribution in [0.25, 0.3) is 0 Å². The molecular weight excluding hydrogens is 278 g/mol. The van der Waals surface area contributed by atoms with Gasteiger partial charge in [0.1, 0.15) is 5.82 Å². The lowest BCUT2D eigenvalue weighted by molar-refractivity contribution is 0.250. The van der Waals surface area contributed by atoms with Gasteiger partial charge in [-0.05, 0) is 32.9 Å². The van der Waals surface area contributed by atoms with Crippen molar-refractivity contribution in [3.63, 3.8) is 0 Å². The van der Waals surface area contributed by atoms with E-state index in [1.54, 1.807) is 0 Å². The molecule has 106 valence electrons. The maximum absolute atomic E-state index is 6.26. The Kier molecular flexibility index (Phi) is 4.98. The van der Waals surface area contributed by atoms with Crippen molar-refractivity contribution in [2.24, 2.45) is 0 Å². The van der Waals surface area contributed by atoms with Crippen molar-refractivity contribution in [2.75, 3.05) is 30.7 Å². The van der Waals surface area contributed by atoms with Gasteiger partial charge in [0.05, 0.1) is 10.7 Å². The second kappa shape index (κ2) is 6.33. The summed E-state index contributed by atoms with van der Waals surface area (Å²) in [6.07, 6.45) is 0. The van der Waals surface area contributed by atoms with E-state index in [2.05, 4.69) is 36.0 Å². The Labute approximate surface area is 125 Å². The Bertz CT molecular complexity index is 437. The number of pyridine rings is 1. The molecule has 1 aliphatic heterocycles. The zero-order valence-corrected chi connectivity index (χ0v) is 13.4. The molecule has 2 rings (SSSR count). The minimum Gasteiger partial charge on any atom is -0.370 e. The number of halogens is 1. The number of thioether (sulfide) groups is 1. The number of hydrogen-bond donors (Lipinski definition) is 1. The predicted octanol–water partition coefficient (Wildman–Crippen LogP) is 3.49. The number of aromatic nitrogens is 1. The first-order valence-electron chi connectivity index (χ1n) is 6.76. The molecule has 1 fully saturated rings. The fourth-order valence-electron chi connectivity index (χ4n) is 2.34. The van der Waals surface area contributed by atoms with E-state index in [1.165, 1.54) is 5.75 Å². The molecule has 0 saturated carbocycles. The van der Waals surface area contributed by atoms with Crippen LogP contribution in [-0.4, -0.2) is 40.0 Å². The van der Waals surface area contributed by atoms with Gasteiger partial charge in [0, 0.05) is 36.7 Å². The molecule has 0 aromatic carbocycles. The normalized spacial score (nSPS) is 19.4. The molecule has 5 heteroatoms. The highest BCUT2D eigenvalue weighted by Crippen LogP contribution is 2.30. The number of hydrogen-bond acceptors (Lipinski definition) is 4. The van der Waals surface area contributed by atoms with Crippen LogP contribution in [0.5, 0.6) is 0 Å². The molecule has 0 radical (unpaired) electrons. The maximum atomic E-state index is 6.26. The van der Waals surface area contributed by atoms with Crippen molar-refractivity contribution < 1.29 is 0 Å². The zero-order chi connectivity index (χ0) is 13.9. The van der Waals surface area contributed by atoms with Crippen LogP contribution in [0.3, 0.4) is 0 Å². The summed E-state index contributed by atoms with van der Waals surface area (Å²) < 4.78 is 0.323. The van der Waals surface area contributed by atoms with E-state index in [1.807, 2.05) is 23.9 Å². The van der Waals surface area contributed by atoms with Crippen molar-refractivity contribution >= 4 is 29.2 Å². The third-order valence-electron chi connectivity index (χ3n) is 3.15. The second-order valence-electron chi connectivity index (χ2n) is 5.47. The van der Waals surface area contributed by atoms with Gasteiger partial charge in [-0.1, -0.05) is 11.6 Å². The minimum atomic E-state index is 0.323. The van der Waals surface area contributed by atoms with Gasteiger partial charge in [0.25, 0.3) is 0 Å². The van der Waals surface area contributed by atoms with Gasteiger partial charge in [0.2, 0.25) is 0 Å². The van der Waals surface area contributed by atoms with Crippen LogP contribution in [0.4, 0.5) is 5.82 Å². The van der Waals surface area contributed by atoms with Gasteiger partial charge in [0.15, 0.2) is 0 Å². The van der Waals surface area contributed by atoms with Gasteiger partial charge in [-0.3, -0.25) is 4.90 Å². The molecule has 1 aromatic rings. The molecule has 0 atom stereocenters. The monoisotopic (exact) mass is 299 g/mol. The molecule has 1 N–H and O–H groups in total. The predicted molar refractivity (Wildman–Crippen MR) is 85.2 cm³/mol. The summed E-state index contributed by atoms with van der Waals surface area (Å²) in [4.78, 5) is 7.06. The first kappa shape index (κ1) is 14.9. The summed E-state index contributed by atoms with van der Waals surface area (Å²) in [5, 5.41) is 4.00. The van der Waals surface area contributed by atoms with Crippen molar-refractivity contribution in [3.8, 4) is 0 Å². The van der Waals surface area contributed by atoms with Gasteiger partial charge < -0.3 is 5.32 Å². The van der Waals surface area contributed by atoms with Crippen molar-refractivity contribution in [2.45, 2.75) is 32.1 Å². The summed E-state index contributed by atoms with van der Waals surface area (Å²) in [5.41, 5.74) is 0.975. The van der Waals surface area contributed by atoms with Crippen LogP contribution in [-0.2, 0) is 6.54 Å². The fourth-order valence-corrected chi connectivity index (χ4v) is 3.68. The van der Waals surface area contributed by atoms with Gasteiger partial charge >= 0.3 is 0 Å². The summed E-state index contributed by atoms with van der Waals surface area (Å²) in [7, 11) is 0. The van der Waals surface area contributed by atoms with Crippen LogP contribution < -0.4 is 5.32 Å². The fraction of sp³-hybridized carbons (Fsp3) is 0.643. The molecule has 0 unspecified atom stereocenters. The van der Waals surface area contributed by atoms with E-state index in [0.717, 1.165) is 42.7 Å². The van der Waals surface area contributed by atoms with Crippen LogP contribution in [0.1, 0.15) is 26.5 Å². The SMILES string of the molecule is CCNc1ccc(Cl)c(CN2CCSC(C)(C)C2)n1. The van der Waals surface area contributed by atoms with E-state index >= 15 is 0 Å². The zero-order valence-electron chi connectivity index (χ0n) is 11.9. The van der Waals surface area contributed by atoms with Crippen molar-refractivity contribution in [1.82, 2.24) is 9.88 Å². The third kappa shape index (κ3) is 4.26. The molecule has 1 saturated heterocycles. The quantitative estimate of drug-likeness (QED) is 0.921. The molecule has 19 heavy (non-hydrogen) atoms. The standard InChI is InChI=1S/C14H22ClN3S/c1-4-16-13-6-5-11(15)12(17-13)9-18-7-8-19-14(2,3)10-18/h5-6H,4,7-10H2,1-3H3,(H,16,17). The highest BCUT2D eigenvalue weighted by atomic mass is 35.5. The van der Waals surface area contributed by atoms with Crippen molar-refractivity contribution in [3.05, 3.63) is 22.8 Å². The van der Waals surface area contributed by atoms with Gasteiger partial charge in [-0.2, -0.15) is 11.8 Å². The summed E-state index contributed by atoms with van der Waals surface area (Å²) >= 11 is 8.31. The summed E-state index contributed by atoms with van der Waals surface area (Å²) in [5.74, 6) is 2.09. The Morgan fingerprint density at radius 3 is 2.95 bits per heavy atom. The molecule has 0 bridgehead atoms. The molecular formula is C14H22ClN3S. The number of nitrogens with zero attached hydrogens (tertiary/aromatic N) is 2. The minimum absolute atomic E-state index is 0.323. The lowest BCUT2D eigenvalue weighted by Crippen LogP contribution is -2.42. The van der Waals surface area contributed by atoms with E-state index in [-0.39, 0.29) is 0 Å². The molecule has 1 aliphatic rings. The lowest BCUT2D eigenvalue weighted by atomic mass is 10.2. The molecule has 0 amide bonds. The topological polar surface area (TPSA) is 28.2 Å². The summed E-state index contributed by atoms with van der Waals surface area (Å²) in [6.45, 7) is 10.6. The second-order valence-corrected chi connectivity index (χ2v) is 7.68. The molecule has 0 spiro atoms. The number of rotatable bonds is 4. The largest absolute Gasteiger partial charge is 0.370 e. The third-order valence-corrected chi connectivity index (χ3v) is 4.80. The van der Waals surface area contributed by atoms with Crippen molar-refractivity contribution in [1.29, 1.82) is 0 Å². The molecule has 2 heterocycles. The van der Waals surface area contributed by atoms with Gasteiger partial charge in [-0.25, -0.2) is 4.98 Å².